The first-order chi connectivity index (χ1) is 11.8. The van der Waals surface area contributed by atoms with E-state index in [1.54, 1.807) is 0 Å². The summed E-state index contributed by atoms with van der Waals surface area (Å²) in [6.07, 6.45) is 8.83. The number of carbonyl (C=O) groups is 1. The molecule has 0 bridgehead atoms. The van der Waals surface area contributed by atoms with Gasteiger partial charge in [0.05, 0.1) is 11.0 Å². The summed E-state index contributed by atoms with van der Waals surface area (Å²) in [5.41, 5.74) is 3.91. The first-order valence-electron chi connectivity index (χ1n) is 8.30. The molecule has 1 amide bonds. The van der Waals surface area contributed by atoms with Gasteiger partial charge in [-0.2, -0.15) is 0 Å². The zero-order valence-corrected chi connectivity index (χ0v) is 13.4. The number of imidazole rings is 1. The maximum absolute atomic E-state index is 12.3. The fourth-order valence-electron chi connectivity index (χ4n) is 3.15. The summed E-state index contributed by atoms with van der Waals surface area (Å²) in [6, 6.07) is 15.9. The topological polar surface area (TPSA) is 46.9 Å². The van der Waals surface area contributed by atoms with Crippen molar-refractivity contribution >= 4 is 22.6 Å². The number of nitrogens with one attached hydrogen (secondary N) is 1. The molecule has 0 radical (unpaired) electrons. The quantitative estimate of drug-likeness (QED) is 0.731. The molecule has 1 unspecified atom stereocenters. The Morgan fingerprint density at radius 3 is 2.71 bits per heavy atom. The van der Waals surface area contributed by atoms with Crippen LogP contribution in [0.4, 0.5) is 5.69 Å². The van der Waals surface area contributed by atoms with Gasteiger partial charge in [0.25, 0.3) is 0 Å². The highest BCUT2D eigenvalue weighted by molar-refractivity contribution is 5.92. The predicted molar refractivity (Wildman–Crippen MR) is 96.2 cm³/mol. The summed E-state index contributed by atoms with van der Waals surface area (Å²) in [5.74, 6) is 0.201. The molecule has 1 heterocycles. The number of carbonyl (C=O) groups excluding carboxylic acids is 1. The second kappa shape index (κ2) is 6.32. The first kappa shape index (κ1) is 14.7. The van der Waals surface area contributed by atoms with Crippen LogP contribution in [0.1, 0.15) is 19.3 Å². The molecule has 1 N–H and O–H groups in total. The van der Waals surface area contributed by atoms with Crippen molar-refractivity contribution < 1.29 is 4.79 Å². The van der Waals surface area contributed by atoms with Crippen molar-refractivity contribution in [1.29, 1.82) is 0 Å². The molecular formula is C20H19N3O. The number of para-hydroxylation sites is 2. The van der Waals surface area contributed by atoms with Crippen molar-refractivity contribution in [2.45, 2.75) is 19.3 Å². The van der Waals surface area contributed by atoms with Gasteiger partial charge in [-0.1, -0.05) is 24.3 Å². The third kappa shape index (κ3) is 2.83. The molecule has 0 aliphatic heterocycles. The maximum Gasteiger partial charge on any atom is 0.227 e. The third-order valence-electron chi connectivity index (χ3n) is 4.51. The number of amides is 1. The summed E-state index contributed by atoms with van der Waals surface area (Å²) >= 11 is 0. The molecule has 0 fully saturated rings. The molecule has 1 aliphatic rings. The number of allylic oxidation sites excluding steroid dienone is 2. The van der Waals surface area contributed by atoms with Crippen LogP contribution < -0.4 is 5.32 Å². The van der Waals surface area contributed by atoms with Crippen LogP contribution >= 0.6 is 0 Å². The highest BCUT2D eigenvalue weighted by atomic mass is 16.1. The van der Waals surface area contributed by atoms with Gasteiger partial charge in [-0.3, -0.25) is 9.36 Å². The second-order valence-electron chi connectivity index (χ2n) is 6.12. The van der Waals surface area contributed by atoms with Crippen molar-refractivity contribution in [2.24, 2.45) is 5.92 Å². The van der Waals surface area contributed by atoms with Gasteiger partial charge >= 0.3 is 0 Å². The smallest absolute Gasteiger partial charge is 0.227 e. The van der Waals surface area contributed by atoms with Gasteiger partial charge in [-0.25, -0.2) is 4.98 Å². The minimum absolute atomic E-state index is 0.0901. The van der Waals surface area contributed by atoms with Crippen molar-refractivity contribution in [3.05, 3.63) is 67.0 Å². The van der Waals surface area contributed by atoms with E-state index in [-0.39, 0.29) is 11.8 Å². The Morgan fingerprint density at radius 1 is 1.08 bits per heavy atom. The minimum Gasteiger partial charge on any atom is -0.326 e. The van der Waals surface area contributed by atoms with E-state index in [0.29, 0.717) is 0 Å². The maximum atomic E-state index is 12.3. The lowest BCUT2D eigenvalue weighted by Crippen LogP contribution is -2.23. The summed E-state index contributed by atoms with van der Waals surface area (Å²) in [7, 11) is 0. The number of hydrogen-bond donors (Lipinski definition) is 1. The number of rotatable bonds is 3. The largest absolute Gasteiger partial charge is 0.326 e. The highest BCUT2D eigenvalue weighted by Crippen LogP contribution is 2.22. The monoisotopic (exact) mass is 317 g/mol. The lowest BCUT2D eigenvalue weighted by molar-refractivity contribution is -0.120. The van der Waals surface area contributed by atoms with Crippen molar-refractivity contribution in [3.63, 3.8) is 0 Å². The summed E-state index contributed by atoms with van der Waals surface area (Å²) in [4.78, 5) is 16.7. The number of anilines is 1. The lowest BCUT2D eigenvalue weighted by Gasteiger charge is -2.17. The number of benzene rings is 2. The molecule has 24 heavy (non-hydrogen) atoms. The standard InChI is InChI=1S/C20H19N3O/c24-20(15-6-2-1-3-7-15)22-16-10-12-17(13-11-16)23-14-21-18-8-4-5-9-19(18)23/h1-2,4-5,8-15H,3,6-7H2,(H,22,24). The number of hydrogen-bond acceptors (Lipinski definition) is 2. The normalized spacial score (nSPS) is 17.1. The van der Waals surface area contributed by atoms with Crippen molar-refractivity contribution in [1.82, 2.24) is 9.55 Å². The molecule has 4 rings (SSSR count). The Balaban J connectivity index is 1.52. The molecule has 120 valence electrons. The Morgan fingerprint density at radius 2 is 1.92 bits per heavy atom. The first-order valence-corrected chi connectivity index (χ1v) is 8.30. The Bertz CT molecular complexity index is 893. The molecular weight excluding hydrogens is 298 g/mol. The molecule has 1 aromatic heterocycles. The molecule has 1 atom stereocenters. The molecule has 0 spiro atoms. The Kier molecular flexibility index (Phi) is 3.87. The Labute approximate surface area is 140 Å². The van der Waals surface area contributed by atoms with Crippen LogP contribution in [-0.2, 0) is 4.79 Å². The van der Waals surface area contributed by atoms with Crippen LogP contribution in [0.25, 0.3) is 16.7 Å². The average molecular weight is 317 g/mol. The molecule has 0 saturated carbocycles. The highest BCUT2D eigenvalue weighted by Gasteiger charge is 2.18. The zero-order valence-electron chi connectivity index (χ0n) is 13.4. The molecule has 3 aromatic rings. The van der Waals surface area contributed by atoms with E-state index in [2.05, 4.69) is 28.5 Å². The van der Waals surface area contributed by atoms with Crippen LogP contribution in [0.3, 0.4) is 0 Å². The Hall–Kier alpha value is -2.88. The molecule has 2 aromatic carbocycles. The van der Waals surface area contributed by atoms with Crippen molar-refractivity contribution in [2.75, 3.05) is 5.32 Å². The van der Waals surface area contributed by atoms with Gasteiger partial charge in [0.15, 0.2) is 0 Å². The van der Waals surface area contributed by atoms with Crippen LogP contribution in [-0.4, -0.2) is 15.5 Å². The second-order valence-corrected chi connectivity index (χ2v) is 6.12. The van der Waals surface area contributed by atoms with Gasteiger partial charge < -0.3 is 5.32 Å². The van der Waals surface area contributed by atoms with E-state index in [9.17, 15) is 4.79 Å². The SMILES string of the molecule is O=C(Nc1ccc(-n2cnc3ccccc32)cc1)C1CC=CCC1. The van der Waals surface area contributed by atoms with E-state index < -0.39 is 0 Å². The molecule has 4 heteroatoms. The number of nitrogens with zero attached hydrogens (tertiary/aromatic N) is 2. The predicted octanol–water partition coefficient (Wildman–Crippen LogP) is 4.32. The summed E-state index contributed by atoms with van der Waals surface area (Å²) in [5, 5.41) is 3.02. The molecule has 0 saturated heterocycles. The van der Waals surface area contributed by atoms with E-state index in [0.717, 1.165) is 41.7 Å². The van der Waals surface area contributed by atoms with Crippen LogP contribution in [0.2, 0.25) is 0 Å². The summed E-state index contributed by atoms with van der Waals surface area (Å²) < 4.78 is 2.05. The van der Waals surface area contributed by atoms with Crippen LogP contribution in [0, 0.1) is 5.92 Å². The van der Waals surface area contributed by atoms with E-state index in [1.165, 1.54) is 0 Å². The van der Waals surface area contributed by atoms with Gasteiger partial charge in [-0.15, -0.1) is 0 Å². The van der Waals surface area contributed by atoms with E-state index >= 15 is 0 Å². The third-order valence-corrected chi connectivity index (χ3v) is 4.51. The lowest BCUT2D eigenvalue weighted by atomic mass is 9.93. The average Bonchev–Trinajstić information content (AvgIpc) is 3.07. The van der Waals surface area contributed by atoms with Crippen molar-refractivity contribution in [3.8, 4) is 5.69 Å². The van der Waals surface area contributed by atoms with Gasteiger partial charge in [-0.05, 0) is 55.7 Å². The minimum atomic E-state index is 0.0901. The van der Waals surface area contributed by atoms with Crippen LogP contribution in [0.5, 0.6) is 0 Å². The zero-order chi connectivity index (χ0) is 16.4. The molecule has 4 nitrogen and oxygen atoms in total. The summed E-state index contributed by atoms with van der Waals surface area (Å²) in [6.45, 7) is 0. The van der Waals surface area contributed by atoms with Gasteiger partial charge in [0, 0.05) is 17.3 Å². The fraction of sp³-hybridized carbons (Fsp3) is 0.200. The number of fused-ring (bicyclic) bond motifs is 1. The van der Waals surface area contributed by atoms with Crippen LogP contribution in [0.15, 0.2) is 67.0 Å². The fourth-order valence-corrected chi connectivity index (χ4v) is 3.15. The van der Waals surface area contributed by atoms with E-state index in [1.807, 2.05) is 53.4 Å². The number of aromatic nitrogens is 2. The van der Waals surface area contributed by atoms with Gasteiger partial charge in [0.2, 0.25) is 5.91 Å². The molecule has 1 aliphatic carbocycles. The van der Waals surface area contributed by atoms with Gasteiger partial charge in [0.1, 0.15) is 6.33 Å². The van der Waals surface area contributed by atoms with E-state index in [4.69, 9.17) is 0 Å².